The fourth-order valence-electron chi connectivity index (χ4n) is 3.90. The number of hydrogen-bond acceptors (Lipinski definition) is 4. The first-order chi connectivity index (χ1) is 15.3. The maximum absolute atomic E-state index is 4.34. The number of guanidine groups is 1. The Balaban J connectivity index is 0.00000289. The lowest BCUT2D eigenvalue weighted by Crippen LogP contribution is -2.36. The van der Waals surface area contributed by atoms with Crippen molar-refractivity contribution in [3.05, 3.63) is 71.5 Å². The van der Waals surface area contributed by atoms with E-state index in [1.807, 2.05) is 12.1 Å². The fourth-order valence-corrected chi connectivity index (χ4v) is 3.90. The van der Waals surface area contributed by atoms with E-state index in [1.165, 1.54) is 49.8 Å². The molecule has 170 valence electrons. The second kappa shape index (κ2) is 12.5. The second-order valence-corrected chi connectivity index (χ2v) is 7.97. The average molecular weight is 545 g/mol. The zero-order valence-corrected chi connectivity index (χ0v) is 20.9. The van der Waals surface area contributed by atoms with Crippen molar-refractivity contribution < 1.29 is 0 Å². The Morgan fingerprint density at radius 1 is 0.969 bits per heavy atom. The zero-order chi connectivity index (χ0) is 21.3. The fraction of sp³-hybridized carbons (Fsp3) is 0.375. The van der Waals surface area contributed by atoms with Crippen molar-refractivity contribution in [3.8, 4) is 11.4 Å². The lowest BCUT2D eigenvalue weighted by molar-refractivity contribution is 0.221. The summed E-state index contributed by atoms with van der Waals surface area (Å²) in [6.07, 6.45) is 5.56. The van der Waals surface area contributed by atoms with Crippen molar-refractivity contribution in [1.82, 2.24) is 30.7 Å². The average Bonchev–Trinajstić information content (AvgIpc) is 3.36. The van der Waals surface area contributed by atoms with E-state index >= 15 is 0 Å². The van der Waals surface area contributed by atoms with Gasteiger partial charge in [-0.05, 0) is 48.7 Å². The Morgan fingerprint density at radius 3 is 2.38 bits per heavy atom. The number of halogens is 1. The van der Waals surface area contributed by atoms with Crippen LogP contribution < -0.4 is 10.6 Å². The van der Waals surface area contributed by atoms with E-state index < -0.39 is 0 Å². The summed E-state index contributed by atoms with van der Waals surface area (Å²) in [5.41, 5.74) is 4.81. The van der Waals surface area contributed by atoms with Gasteiger partial charge in [0, 0.05) is 32.2 Å². The first kappa shape index (κ1) is 24.2. The molecule has 32 heavy (non-hydrogen) atoms. The minimum atomic E-state index is 0. The molecule has 7 nitrogen and oxygen atoms in total. The van der Waals surface area contributed by atoms with Gasteiger partial charge >= 0.3 is 0 Å². The molecule has 0 bridgehead atoms. The number of piperidine rings is 1. The maximum Gasteiger partial charge on any atom is 0.191 e. The molecule has 4 rings (SSSR count). The minimum Gasteiger partial charge on any atom is -0.352 e. The van der Waals surface area contributed by atoms with Crippen molar-refractivity contribution in [2.24, 2.45) is 4.99 Å². The van der Waals surface area contributed by atoms with Gasteiger partial charge in [0.15, 0.2) is 11.8 Å². The number of aromatic nitrogens is 3. The van der Waals surface area contributed by atoms with E-state index in [2.05, 4.69) is 72.1 Å². The largest absolute Gasteiger partial charge is 0.352 e. The van der Waals surface area contributed by atoms with Gasteiger partial charge in [-0.25, -0.2) is 4.98 Å². The number of benzene rings is 2. The third-order valence-corrected chi connectivity index (χ3v) is 5.64. The van der Waals surface area contributed by atoms with Gasteiger partial charge in [-0.3, -0.25) is 15.0 Å². The molecular weight excluding hydrogens is 513 g/mol. The van der Waals surface area contributed by atoms with E-state index in [9.17, 15) is 0 Å². The monoisotopic (exact) mass is 545 g/mol. The quantitative estimate of drug-likeness (QED) is 0.238. The van der Waals surface area contributed by atoms with Crippen LogP contribution in [0, 0.1) is 0 Å². The molecule has 0 amide bonds. The van der Waals surface area contributed by atoms with Crippen molar-refractivity contribution in [1.29, 1.82) is 0 Å². The summed E-state index contributed by atoms with van der Waals surface area (Å²) in [6.45, 7) is 4.93. The van der Waals surface area contributed by atoms with Crippen molar-refractivity contribution >= 4 is 29.9 Å². The number of H-pyrrole nitrogens is 1. The molecule has 0 spiro atoms. The number of likely N-dealkylation sites (tertiary alicyclic amines) is 1. The number of rotatable bonds is 7. The minimum absolute atomic E-state index is 0. The van der Waals surface area contributed by atoms with Crippen LogP contribution in [0.25, 0.3) is 11.4 Å². The number of nitrogens with zero attached hydrogens (tertiary/aromatic N) is 4. The highest BCUT2D eigenvalue weighted by molar-refractivity contribution is 14.0. The third kappa shape index (κ3) is 7.03. The van der Waals surface area contributed by atoms with Crippen LogP contribution in [-0.2, 0) is 19.6 Å². The van der Waals surface area contributed by atoms with Crippen molar-refractivity contribution in [2.75, 3.05) is 20.1 Å². The summed E-state index contributed by atoms with van der Waals surface area (Å²) in [5, 5.41) is 13.6. The van der Waals surface area contributed by atoms with Gasteiger partial charge in [-0.15, -0.1) is 24.0 Å². The van der Waals surface area contributed by atoms with Crippen LogP contribution >= 0.6 is 24.0 Å². The SMILES string of the molecule is CN=C(NCc1ccc(CN2CCCCC2)cc1)NCc1cccc(-c2ncn[nH]2)c1.I. The topological polar surface area (TPSA) is 81.2 Å². The van der Waals surface area contributed by atoms with Crippen LogP contribution in [0.2, 0.25) is 0 Å². The molecule has 2 heterocycles. The predicted octanol–water partition coefficient (Wildman–Crippen LogP) is 3.94. The summed E-state index contributed by atoms with van der Waals surface area (Å²) >= 11 is 0. The molecule has 0 aliphatic carbocycles. The van der Waals surface area contributed by atoms with Gasteiger partial charge in [-0.2, -0.15) is 5.10 Å². The van der Waals surface area contributed by atoms with Crippen LogP contribution in [0.4, 0.5) is 0 Å². The van der Waals surface area contributed by atoms with Crippen LogP contribution in [0.1, 0.15) is 36.0 Å². The molecule has 3 aromatic rings. The molecule has 1 aromatic heterocycles. The summed E-state index contributed by atoms with van der Waals surface area (Å²) < 4.78 is 0. The van der Waals surface area contributed by atoms with Gasteiger partial charge in [-0.1, -0.05) is 48.9 Å². The van der Waals surface area contributed by atoms with E-state index in [-0.39, 0.29) is 24.0 Å². The zero-order valence-electron chi connectivity index (χ0n) is 18.6. The molecule has 1 fully saturated rings. The predicted molar refractivity (Wildman–Crippen MR) is 140 cm³/mol. The van der Waals surface area contributed by atoms with E-state index in [4.69, 9.17) is 0 Å². The lowest BCUT2D eigenvalue weighted by Gasteiger charge is -2.26. The Labute approximate surface area is 207 Å². The molecule has 0 saturated carbocycles. The Morgan fingerprint density at radius 2 is 1.69 bits per heavy atom. The Kier molecular flexibility index (Phi) is 9.48. The van der Waals surface area contributed by atoms with E-state index in [0.717, 1.165) is 36.0 Å². The van der Waals surface area contributed by atoms with Crippen LogP contribution in [-0.4, -0.2) is 46.2 Å². The maximum atomic E-state index is 4.34. The summed E-state index contributed by atoms with van der Waals surface area (Å²) in [4.78, 5) is 11.1. The molecular formula is C24H32IN7. The second-order valence-electron chi connectivity index (χ2n) is 7.97. The first-order valence-electron chi connectivity index (χ1n) is 11.0. The molecule has 8 heteroatoms. The molecule has 2 aromatic carbocycles. The van der Waals surface area contributed by atoms with Gasteiger partial charge in [0.25, 0.3) is 0 Å². The smallest absolute Gasteiger partial charge is 0.191 e. The molecule has 1 aliphatic heterocycles. The van der Waals surface area contributed by atoms with Crippen molar-refractivity contribution in [3.63, 3.8) is 0 Å². The van der Waals surface area contributed by atoms with E-state index in [0.29, 0.717) is 6.54 Å². The number of hydrogen-bond donors (Lipinski definition) is 3. The third-order valence-electron chi connectivity index (χ3n) is 5.64. The van der Waals surface area contributed by atoms with Gasteiger partial charge < -0.3 is 10.6 Å². The standard InChI is InChI=1S/C24H31N7.HI/c1-25-24(27-16-21-6-5-7-22(14-21)23-28-18-29-30-23)26-15-19-8-10-20(11-9-19)17-31-12-3-2-4-13-31;/h5-11,14,18H,2-4,12-13,15-17H2,1H3,(H2,25,26,27)(H,28,29,30);1H. The highest BCUT2D eigenvalue weighted by atomic mass is 127. The van der Waals surface area contributed by atoms with Crippen LogP contribution in [0.3, 0.4) is 0 Å². The highest BCUT2D eigenvalue weighted by Crippen LogP contribution is 2.15. The van der Waals surface area contributed by atoms with Crippen LogP contribution in [0.5, 0.6) is 0 Å². The summed E-state index contributed by atoms with van der Waals surface area (Å²) in [7, 11) is 1.79. The summed E-state index contributed by atoms with van der Waals surface area (Å²) in [6, 6.07) is 17.1. The van der Waals surface area contributed by atoms with Crippen LogP contribution in [0.15, 0.2) is 59.9 Å². The molecule has 0 unspecified atom stereocenters. The van der Waals surface area contributed by atoms with Gasteiger partial charge in [0.2, 0.25) is 0 Å². The van der Waals surface area contributed by atoms with E-state index in [1.54, 1.807) is 7.05 Å². The number of aromatic amines is 1. The Bertz CT molecular complexity index is 964. The molecule has 3 N–H and O–H groups in total. The molecule has 0 atom stereocenters. The molecule has 1 saturated heterocycles. The summed E-state index contributed by atoms with van der Waals surface area (Å²) in [5.74, 6) is 1.55. The molecule has 1 aliphatic rings. The van der Waals surface area contributed by atoms with Gasteiger partial charge in [0.05, 0.1) is 0 Å². The highest BCUT2D eigenvalue weighted by Gasteiger charge is 2.10. The lowest BCUT2D eigenvalue weighted by atomic mass is 10.1. The van der Waals surface area contributed by atoms with Crippen molar-refractivity contribution in [2.45, 2.75) is 38.9 Å². The molecule has 0 radical (unpaired) electrons. The number of nitrogens with one attached hydrogen (secondary N) is 3. The Hall–Kier alpha value is -2.46. The van der Waals surface area contributed by atoms with Gasteiger partial charge in [0.1, 0.15) is 6.33 Å². The normalized spacial score (nSPS) is 14.6. The first-order valence-corrected chi connectivity index (χ1v) is 11.0. The number of aliphatic imine (C=N–C) groups is 1.